The Labute approximate surface area is 113 Å². The Morgan fingerprint density at radius 2 is 2.16 bits per heavy atom. The quantitative estimate of drug-likeness (QED) is 0.610. The van der Waals surface area contributed by atoms with Gasteiger partial charge in [0.1, 0.15) is 11.1 Å². The van der Waals surface area contributed by atoms with Crippen LogP contribution >= 0.6 is 11.3 Å². The number of carbonyl (C=O) groups is 1. The zero-order chi connectivity index (χ0) is 14.2. The number of fused-ring (bicyclic) bond motifs is 1. The molecule has 0 aliphatic heterocycles. The third kappa shape index (κ3) is 3.05. The van der Waals surface area contributed by atoms with Crippen LogP contribution in [0.4, 0.5) is 0 Å². The average Bonchev–Trinajstić information content (AvgIpc) is 2.65. The molecule has 98 valence electrons. The van der Waals surface area contributed by atoms with Gasteiger partial charge in [0.2, 0.25) is 0 Å². The SMILES string of the molecule is [B]S(=O)(=O)Cc1cc2oc(=O)c(C(=O)OC)cc2s1. The van der Waals surface area contributed by atoms with Gasteiger partial charge in [-0.2, -0.15) is 0 Å². The lowest BCUT2D eigenvalue weighted by Gasteiger charge is -1.96. The van der Waals surface area contributed by atoms with E-state index in [1.165, 1.54) is 12.1 Å². The molecule has 0 aliphatic rings. The summed E-state index contributed by atoms with van der Waals surface area (Å²) in [5, 5.41) is 0. The van der Waals surface area contributed by atoms with Crippen molar-refractivity contribution in [1.82, 2.24) is 0 Å². The minimum atomic E-state index is -3.67. The highest BCUT2D eigenvalue weighted by Gasteiger charge is 2.16. The predicted molar refractivity (Wildman–Crippen MR) is 70.1 cm³/mol. The van der Waals surface area contributed by atoms with Crippen molar-refractivity contribution in [3.05, 3.63) is 33.0 Å². The average molecular weight is 298 g/mol. The monoisotopic (exact) mass is 298 g/mol. The van der Waals surface area contributed by atoms with Crippen LogP contribution in [0.5, 0.6) is 0 Å². The van der Waals surface area contributed by atoms with Crippen LogP contribution in [0.2, 0.25) is 0 Å². The first-order valence-electron chi connectivity index (χ1n) is 4.95. The highest BCUT2D eigenvalue weighted by atomic mass is 32.2. The second-order valence-electron chi connectivity index (χ2n) is 3.69. The van der Waals surface area contributed by atoms with Gasteiger partial charge < -0.3 is 9.15 Å². The number of esters is 1. The predicted octanol–water partition coefficient (Wildman–Crippen LogP) is 0.639. The molecule has 0 aliphatic carbocycles. The summed E-state index contributed by atoms with van der Waals surface area (Å²) in [6, 6.07) is 2.72. The maximum atomic E-state index is 11.5. The van der Waals surface area contributed by atoms with Gasteiger partial charge in [-0.15, -0.1) is 11.3 Å². The molecular formula is C10H7BO6S2. The molecule has 0 unspecified atom stereocenters. The van der Waals surface area contributed by atoms with Crippen molar-refractivity contribution in [2.24, 2.45) is 0 Å². The first-order chi connectivity index (χ1) is 8.80. The summed E-state index contributed by atoms with van der Waals surface area (Å²) < 4.78 is 31.8. The van der Waals surface area contributed by atoms with Gasteiger partial charge in [0.15, 0.2) is 0 Å². The lowest BCUT2D eigenvalue weighted by atomic mass is 10.3. The molecule has 0 atom stereocenters. The van der Waals surface area contributed by atoms with Crippen LogP contribution in [0.1, 0.15) is 15.2 Å². The number of carbonyl (C=O) groups excluding carboxylic acids is 1. The Balaban J connectivity index is 2.55. The lowest BCUT2D eigenvalue weighted by Crippen LogP contribution is -2.14. The number of hydrogen-bond donors (Lipinski definition) is 0. The fraction of sp³-hybridized carbons (Fsp3) is 0.200. The Kier molecular flexibility index (Phi) is 3.50. The van der Waals surface area contributed by atoms with Gasteiger partial charge in [-0.25, -0.2) is 18.0 Å². The van der Waals surface area contributed by atoms with E-state index in [1.54, 1.807) is 0 Å². The van der Waals surface area contributed by atoms with Gasteiger partial charge in [0.05, 0.1) is 27.3 Å². The molecule has 2 rings (SSSR count). The summed E-state index contributed by atoms with van der Waals surface area (Å²) in [6.45, 7) is 0. The van der Waals surface area contributed by atoms with E-state index in [9.17, 15) is 18.0 Å². The first kappa shape index (κ1) is 13.8. The molecule has 0 fully saturated rings. The van der Waals surface area contributed by atoms with Crippen molar-refractivity contribution in [3.63, 3.8) is 0 Å². The number of thiophene rings is 1. The summed E-state index contributed by atoms with van der Waals surface area (Å²) in [6.07, 6.45) is 0. The van der Waals surface area contributed by atoms with Crippen molar-refractivity contribution in [1.29, 1.82) is 0 Å². The molecule has 0 bridgehead atoms. The lowest BCUT2D eigenvalue weighted by molar-refractivity contribution is 0.0596. The molecule has 0 N–H and O–H groups in total. The maximum absolute atomic E-state index is 11.5. The molecule has 0 aromatic carbocycles. The smallest absolute Gasteiger partial charge is 0.351 e. The van der Waals surface area contributed by atoms with E-state index in [0.717, 1.165) is 18.4 Å². The third-order valence-corrected chi connectivity index (χ3v) is 4.18. The standard InChI is InChI=1S/C10H7BO6S2/c1-16-9(12)6-3-8-7(17-10(6)13)2-5(18-8)4-19(11,14)15/h2-3H,4H2,1H3. The largest absolute Gasteiger partial charge is 0.465 e. The van der Waals surface area contributed by atoms with E-state index in [0.29, 0.717) is 9.58 Å². The second kappa shape index (κ2) is 4.82. The zero-order valence-corrected chi connectivity index (χ0v) is 11.3. The number of methoxy groups -OCH3 is 1. The Bertz CT molecular complexity index is 801. The van der Waals surface area contributed by atoms with Gasteiger partial charge in [0.25, 0.3) is 7.12 Å². The molecule has 2 radical (unpaired) electrons. The highest BCUT2D eigenvalue weighted by molar-refractivity contribution is 8.11. The van der Waals surface area contributed by atoms with E-state index >= 15 is 0 Å². The second-order valence-corrected chi connectivity index (χ2v) is 6.47. The first-order valence-corrected chi connectivity index (χ1v) is 7.49. The van der Waals surface area contributed by atoms with Crippen molar-refractivity contribution in [2.45, 2.75) is 5.75 Å². The van der Waals surface area contributed by atoms with Crippen molar-refractivity contribution in [2.75, 3.05) is 7.11 Å². The van der Waals surface area contributed by atoms with E-state index in [1.807, 2.05) is 0 Å². The summed E-state index contributed by atoms with van der Waals surface area (Å²) in [7, 11) is 2.41. The zero-order valence-electron chi connectivity index (χ0n) is 9.71. The maximum Gasteiger partial charge on any atom is 0.351 e. The van der Waals surface area contributed by atoms with Crippen LogP contribution in [-0.4, -0.2) is 28.6 Å². The topological polar surface area (TPSA) is 90.6 Å². The molecule has 2 aromatic rings. The molecule has 0 spiro atoms. The Morgan fingerprint density at radius 3 is 2.74 bits per heavy atom. The van der Waals surface area contributed by atoms with Gasteiger partial charge in [-0.05, 0) is 12.1 Å². The number of rotatable bonds is 3. The van der Waals surface area contributed by atoms with Crippen molar-refractivity contribution < 1.29 is 22.4 Å². The van der Waals surface area contributed by atoms with Crippen LogP contribution in [0.25, 0.3) is 10.3 Å². The summed E-state index contributed by atoms with van der Waals surface area (Å²) >= 11 is 1.08. The minimum Gasteiger partial charge on any atom is -0.465 e. The van der Waals surface area contributed by atoms with E-state index in [-0.39, 0.29) is 16.9 Å². The molecule has 0 saturated carbocycles. The third-order valence-electron chi connectivity index (χ3n) is 2.22. The molecule has 19 heavy (non-hydrogen) atoms. The van der Waals surface area contributed by atoms with E-state index in [2.05, 4.69) is 4.74 Å². The van der Waals surface area contributed by atoms with Crippen molar-refractivity contribution in [3.8, 4) is 0 Å². The molecule has 9 heteroatoms. The summed E-state index contributed by atoms with van der Waals surface area (Å²) in [5.74, 6) is -1.17. The molecule has 6 nitrogen and oxygen atoms in total. The van der Waals surface area contributed by atoms with Crippen LogP contribution in [0, 0.1) is 0 Å². The van der Waals surface area contributed by atoms with Gasteiger partial charge in [-0.3, -0.25) is 0 Å². The van der Waals surface area contributed by atoms with E-state index in [4.69, 9.17) is 11.5 Å². The van der Waals surface area contributed by atoms with Crippen LogP contribution in [0.15, 0.2) is 21.3 Å². The van der Waals surface area contributed by atoms with Gasteiger partial charge >= 0.3 is 11.6 Å². The molecule has 0 amide bonds. The van der Waals surface area contributed by atoms with Gasteiger partial charge in [-0.1, -0.05) is 0 Å². The summed E-state index contributed by atoms with van der Waals surface area (Å²) in [5.41, 5.74) is -0.861. The molecular weight excluding hydrogens is 291 g/mol. The Hall–Kier alpha value is -1.61. The number of ether oxygens (including phenoxy) is 1. The number of hydrogen-bond acceptors (Lipinski definition) is 7. The van der Waals surface area contributed by atoms with Crippen molar-refractivity contribution >= 4 is 44.4 Å². The Morgan fingerprint density at radius 1 is 1.47 bits per heavy atom. The normalized spacial score (nSPS) is 11.6. The highest BCUT2D eigenvalue weighted by Crippen LogP contribution is 2.26. The van der Waals surface area contributed by atoms with Gasteiger partial charge in [0, 0.05) is 4.88 Å². The fourth-order valence-corrected chi connectivity index (χ4v) is 3.52. The molecule has 2 heterocycles. The summed E-state index contributed by atoms with van der Waals surface area (Å²) in [4.78, 5) is 23.3. The van der Waals surface area contributed by atoms with Crippen LogP contribution in [-0.2, 0) is 20.2 Å². The minimum absolute atomic E-state index is 0.210. The fourth-order valence-electron chi connectivity index (χ4n) is 1.49. The molecule has 2 aromatic heterocycles. The van der Waals surface area contributed by atoms with E-state index < -0.39 is 21.3 Å². The molecule has 0 saturated heterocycles. The van der Waals surface area contributed by atoms with Crippen LogP contribution in [0.3, 0.4) is 0 Å². The van der Waals surface area contributed by atoms with Crippen LogP contribution < -0.4 is 5.63 Å².